The molecule has 0 fully saturated rings. The van der Waals surface area contributed by atoms with Gasteiger partial charge in [0.25, 0.3) is 5.56 Å². The minimum Gasteiger partial charge on any atom is -0.273 e. The van der Waals surface area contributed by atoms with Crippen LogP contribution in [0.5, 0.6) is 0 Å². The molecule has 1 aromatic carbocycles. The van der Waals surface area contributed by atoms with Crippen molar-refractivity contribution in [1.29, 1.82) is 0 Å². The Bertz CT molecular complexity index is 865. The summed E-state index contributed by atoms with van der Waals surface area (Å²) in [6.07, 6.45) is 3.60. The molecule has 0 spiro atoms. The smallest absolute Gasteiger partial charge is 0.273 e. The van der Waals surface area contributed by atoms with E-state index in [0.717, 1.165) is 11.1 Å². The molecule has 1 aromatic heterocycles. The maximum absolute atomic E-state index is 11.7. The third-order valence-corrected chi connectivity index (χ3v) is 3.02. The van der Waals surface area contributed by atoms with Crippen LogP contribution >= 0.6 is 0 Å². The standard InChI is InChI=1S/C16H17N5O3/c1-11(9-12-5-3-2-4-6-12)10-17-20-14(22)8-7-13-15(23)18-16(24)21-19-13/h2-6,9-10H,7-8H2,1H3,(H,20,22)(H2,18,21,23,24). The molecule has 2 rings (SSSR count). The Kier molecular flexibility index (Phi) is 5.95. The minimum absolute atomic E-state index is 0.0287. The molecule has 0 saturated heterocycles. The first-order chi connectivity index (χ1) is 11.5. The number of nitrogens with zero attached hydrogens (tertiary/aromatic N) is 2. The Morgan fingerprint density at radius 2 is 2.04 bits per heavy atom. The lowest BCUT2D eigenvalue weighted by molar-refractivity contribution is -0.121. The molecule has 124 valence electrons. The second-order valence-corrected chi connectivity index (χ2v) is 5.05. The Balaban J connectivity index is 1.83. The highest BCUT2D eigenvalue weighted by Crippen LogP contribution is 2.04. The molecular weight excluding hydrogens is 310 g/mol. The zero-order valence-corrected chi connectivity index (χ0v) is 13.1. The maximum Gasteiger partial charge on any atom is 0.342 e. The summed E-state index contributed by atoms with van der Waals surface area (Å²) in [5, 5.41) is 9.57. The number of carbonyl (C=O) groups is 1. The van der Waals surface area contributed by atoms with E-state index in [2.05, 4.69) is 20.7 Å². The molecule has 0 bridgehead atoms. The Morgan fingerprint density at radius 3 is 2.75 bits per heavy atom. The second-order valence-electron chi connectivity index (χ2n) is 5.05. The molecule has 8 nitrogen and oxygen atoms in total. The Morgan fingerprint density at radius 1 is 1.29 bits per heavy atom. The van der Waals surface area contributed by atoms with E-state index in [9.17, 15) is 14.4 Å². The summed E-state index contributed by atoms with van der Waals surface area (Å²) in [6, 6.07) is 9.73. The topological polar surface area (TPSA) is 120 Å². The number of carbonyl (C=O) groups excluding carboxylic acids is 1. The molecule has 0 aliphatic rings. The molecule has 8 heteroatoms. The van der Waals surface area contributed by atoms with Crippen LogP contribution in [0.15, 0.2) is 50.6 Å². The van der Waals surface area contributed by atoms with Crippen molar-refractivity contribution >= 4 is 18.2 Å². The van der Waals surface area contributed by atoms with E-state index in [-0.39, 0.29) is 24.4 Å². The number of rotatable bonds is 6. The van der Waals surface area contributed by atoms with Gasteiger partial charge in [-0.2, -0.15) is 10.2 Å². The number of allylic oxidation sites excluding steroid dienone is 1. The van der Waals surface area contributed by atoms with Crippen LogP contribution in [-0.2, 0) is 11.2 Å². The summed E-state index contributed by atoms with van der Waals surface area (Å²) in [6.45, 7) is 1.87. The summed E-state index contributed by atoms with van der Waals surface area (Å²) in [7, 11) is 0. The van der Waals surface area contributed by atoms with Crippen molar-refractivity contribution in [3.05, 3.63) is 68.0 Å². The highest BCUT2D eigenvalue weighted by atomic mass is 16.2. The maximum atomic E-state index is 11.7. The number of aryl methyl sites for hydroxylation is 1. The van der Waals surface area contributed by atoms with Crippen LogP contribution in [0.1, 0.15) is 24.6 Å². The van der Waals surface area contributed by atoms with Crippen LogP contribution in [0.3, 0.4) is 0 Å². The monoisotopic (exact) mass is 327 g/mol. The Labute approximate surface area is 137 Å². The van der Waals surface area contributed by atoms with Gasteiger partial charge >= 0.3 is 5.69 Å². The van der Waals surface area contributed by atoms with E-state index in [0.29, 0.717) is 0 Å². The Hall–Kier alpha value is -3.29. The number of hydrazone groups is 1. The van der Waals surface area contributed by atoms with Gasteiger partial charge in [-0.05, 0) is 18.1 Å². The van der Waals surface area contributed by atoms with E-state index in [1.54, 1.807) is 0 Å². The molecule has 24 heavy (non-hydrogen) atoms. The summed E-state index contributed by atoms with van der Waals surface area (Å²) in [5.41, 5.74) is 3.10. The largest absolute Gasteiger partial charge is 0.342 e. The fraction of sp³-hybridized carbons (Fsp3) is 0.188. The van der Waals surface area contributed by atoms with Crippen LogP contribution < -0.4 is 16.7 Å². The molecule has 0 radical (unpaired) electrons. The molecule has 0 unspecified atom stereocenters. The number of H-pyrrole nitrogens is 2. The van der Waals surface area contributed by atoms with E-state index < -0.39 is 11.2 Å². The van der Waals surface area contributed by atoms with Crippen molar-refractivity contribution < 1.29 is 4.79 Å². The van der Waals surface area contributed by atoms with E-state index in [1.807, 2.05) is 48.3 Å². The lowest BCUT2D eigenvalue weighted by Crippen LogP contribution is -2.28. The van der Waals surface area contributed by atoms with Gasteiger partial charge < -0.3 is 0 Å². The molecule has 1 amide bonds. The fourth-order valence-corrected chi connectivity index (χ4v) is 1.89. The fourth-order valence-electron chi connectivity index (χ4n) is 1.89. The summed E-state index contributed by atoms with van der Waals surface area (Å²) in [5.74, 6) is -0.355. The van der Waals surface area contributed by atoms with Gasteiger partial charge in [0.15, 0.2) is 0 Å². The van der Waals surface area contributed by atoms with Gasteiger partial charge in [-0.1, -0.05) is 36.4 Å². The number of hydrogen-bond acceptors (Lipinski definition) is 5. The van der Waals surface area contributed by atoms with Crippen molar-refractivity contribution in [2.75, 3.05) is 0 Å². The number of aromatic nitrogens is 3. The average Bonchev–Trinajstić information content (AvgIpc) is 2.55. The minimum atomic E-state index is -0.682. The van der Waals surface area contributed by atoms with E-state index in [4.69, 9.17) is 0 Å². The van der Waals surface area contributed by atoms with Crippen LogP contribution in [0.4, 0.5) is 0 Å². The van der Waals surface area contributed by atoms with Gasteiger partial charge in [-0.15, -0.1) is 0 Å². The first-order valence-electron chi connectivity index (χ1n) is 7.28. The van der Waals surface area contributed by atoms with Crippen LogP contribution in [-0.4, -0.2) is 27.3 Å². The molecule has 2 aromatic rings. The van der Waals surface area contributed by atoms with Crippen LogP contribution in [0.25, 0.3) is 6.08 Å². The van der Waals surface area contributed by atoms with Crippen LogP contribution in [0.2, 0.25) is 0 Å². The first kappa shape index (κ1) is 17.1. The summed E-state index contributed by atoms with van der Waals surface area (Å²) >= 11 is 0. The first-order valence-corrected chi connectivity index (χ1v) is 7.28. The quantitative estimate of drug-likeness (QED) is 0.531. The molecule has 0 atom stereocenters. The highest BCUT2D eigenvalue weighted by Gasteiger charge is 2.06. The zero-order valence-electron chi connectivity index (χ0n) is 13.1. The SMILES string of the molecule is CC(C=NNC(=O)CCc1n[nH]c(=O)[nH]c1=O)=Cc1ccccc1. The number of nitrogens with one attached hydrogen (secondary N) is 3. The average molecular weight is 327 g/mol. The van der Waals surface area contributed by atoms with Crippen molar-refractivity contribution in [3.63, 3.8) is 0 Å². The van der Waals surface area contributed by atoms with Crippen molar-refractivity contribution in [1.82, 2.24) is 20.6 Å². The predicted molar refractivity (Wildman–Crippen MR) is 90.5 cm³/mol. The molecular formula is C16H17N5O3. The van der Waals surface area contributed by atoms with Gasteiger partial charge in [-0.25, -0.2) is 15.3 Å². The predicted octanol–water partition coefficient (Wildman–Crippen LogP) is 0.596. The zero-order chi connectivity index (χ0) is 17.4. The van der Waals surface area contributed by atoms with E-state index in [1.165, 1.54) is 6.21 Å². The number of aromatic amines is 2. The van der Waals surface area contributed by atoms with E-state index >= 15 is 0 Å². The van der Waals surface area contributed by atoms with Crippen LogP contribution in [0, 0.1) is 0 Å². The molecule has 1 heterocycles. The number of amides is 1. The lowest BCUT2D eigenvalue weighted by atomic mass is 10.1. The summed E-state index contributed by atoms with van der Waals surface area (Å²) < 4.78 is 0. The third-order valence-electron chi connectivity index (χ3n) is 3.02. The van der Waals surface area contributed by atoms with Crippen molar-refractivity contribution in [2.45, 2.75) is 19.8 Å². The normalized spacial score (nSPS) is 11.6. The highest BCUT2D eigenvalue weighted by molar-refractivity contribution is 5.86. The van der Waals surface area contributed by atoms with Gasteiger partial charge in [0, 0.05) is 12.8 Å². The molecule has 0 saturated carbocycles. The van der Waals surface area contributed by atoms with Gasteiger partial charge in [0.05, 0.1) is 6.21 Å². The van der Waals surface area contributed by atoms with Gasteiger partial charge in [-0.3, -0.25) is 14.6 Å². The van der Waals surface area contributed by atoms with Crippen molar-refractivity contribution in [2.24, 2.45) is 5.10 Å². The number of hydrogen-bond donors (Lipinski definition) is 3. The second kappa shape index (κ2) is 8.37. The summed E-state index contributed by atoms with van der Waals surface area (Å²) in [4.78, 5) is 36.0. The van der Waals surface area contributed by atoms with Crippen molar-refractivity contribution in [3.8, 4) is 0 Å². The lowest BCUT2D eigenvalue weighted by Gasteiger charge is -1.99. The van der Waals surface area contributed by atoms with Gasteiger partial charge in [0.1, 0.15) is 5.69 Å². The molecule has 0 aliphatic heterocycles. The molecule has 3 N–H and O–H groups in total. The third kappa shape index (κ3) is 5.48. The van der Waals surface area contributed by atoms with Gasteiger partial charge in [0.2, 0.25) is 5.91 Å². The molecule has 0 aliphatic carbocycles. The number of benzene rings is 1.